The van der Waals surface area contributed by atoms with E-state index >= 15 is 0 Å². The Balaban J connectivity index is 1.36. The number of nitrogens with one attached hydrogen (secondary N) is 3. The summed E-state index contributed by atoms with van der Waals surface area (Å²) in [4.78, 5) is 53.6. The van der Waals surface area contributed by atoms with Crippen molar-refractivity contribution >= 4 is 63.4 Å². The molecule has 2 aliphatic heterocycles. The van der Waals surface area contributed by atoms with E-state index in [-0.39, 0.29) is 41.9 Å². The van der Waals surface area contributed by atoms with Gasteiger partial charge in [-0.15, -0.1) is 0 Å². The van der Waals surface area contributed by atoms with Crippen LogP contribution in [0.15, 0.2) is 36.4 Å². The molecule has 32 heavy (non-hydrogen) atoms. The lowest BCUT2D eigenvalue weighted by Crippen LogP contribution is -2.52. The number of carbonyl (C=O) groups is 4. The van der Waals surface area contributed by atoms with Crippen molar-refractivity contribution in [3.63, 3.8) is 0 Å². The van der Waals surface area contributed by atoms with Gasteiger partial charge < -0.3 is 15.2 Å². The molecule has 1 atom stereocenters. The fourth-order valence-corrected chi connectivity index (χ4v) is 4.60. The number of H-pyrrole nitrogens is 1. The molecule has 0 radical (unpaired) electrons. The molecular formula is C22H16Cl2N4O4. The molecule has 3 aromatic rings. The van der Waals surface area contributed by atoms with E-state index in [1.807, 2.05) is 0 Å². The minimum Gasteiger partial charge on any atom is -0.349 e. The van der Waals surface area contributed by atoms with Gasteiger partial charge in [-0.25, -0.2) is 0 Å². The number of piperidine rings is 1. The second-order valence-electron chi connectivity index (χ2n) is 7.73. The molecule has 1 aromatic heterocycles. The molecule has 2 aromatic carbocycles. The second kappa shape index (κ2) is 7.65. The van der Waals surface area contributed by atoms with Crippen LogP contribution in [0.2, 0.25) is 10.0 Å². The lowest BCUT2D eigenvalue weighted by atomic mass is 10.0. The van der Waals surface area contributed by atoms with Gasteiger partial charge in [0.2, 0.25) is 11.8 Å². The summed E-state index contributed by atoms with van der Waals surface area (Å²) >= 11 is 12.4. The van der Waals surface area contributed by atoms with Gasteiger partial charge in [0.1, 0.15) is 11.7 Å². The lowest BCUT2D eigenvalue weighted by molar-refractivity contribution is -0.136. The van der Waals surface area contributed by atoms with Crippen molar-refractivity contribution in [3.05, 3.63) is 63.3 Å². The summed E-state index contributed by atoms with van der Waals surface area (Å²) in [5.74, 6) is -1.51. The molecule has 1 unspecified atom stereocenters. The van der Waals surface area contributed by atoms with Gasteiger partial charge in [0, 0.05) is 40.1 Å². The molecule has 3 heterocycles. The fourth-order valence-electron chi connectivity index (χ4n) is 4.13. The van der Waals surface area contributed by atoms with Crippen LogP contribution in [0.3, 0.4) is 0 Å². The smallest absolute Gasteiger partial charge is 0.273 e. The maximum Gasteiger partial charge on any atom is 0.273 e. The van der Waals surface area contributed by atoms with Gasteiger partial charge in [0.15, 0.2) is 0 Å². The van der Waals surface area contributed by atoms with Crippen LogP contribution in [0, 0.1) is 0 Å². The average Bonchev–Trinajstić information content (AvgIpc) is 3.25. The maximum atomic E-state index is 12.8. The van der Waals surface area contributed by atoms with Crippen molar-refractivity contribution in [2.24, 2.45) is 0 Å². The number of halogens is 2. The minimum atomic E-state index is -0.692. The molecule has 1 fully saturated rings. The molecule has 0 spiro atoms. The molecule has 0 bridgehead atoms. The van der Waals surface area contributed by atoms with Crippen LogP contribution in [0.4, 0.5) is 5.69 Å². The highest BCUT2D eigenvalue weighted by atomic mass is 35.5. The zero-order valence-corrected chi connectivity index (χ0v) is 18.0. The van der Waals surface area contributed by atoms with Crippen molar-refractivity contribution in [2.75, 3.05) is 5.32 Å². The van der Waals surface area contributed by atoms with Crippen LogP contribution < -0.4 is 10.6 Å². The highest BCUT2D eigenvalue weighted by molar-refractivity contribution is 6.40. The van der Waals surface area contributed by atoms with E-state index in [0.29, 0.717) is 32.7 Å². The molecule has 10 heteroatoms. The number of imide groups is 1. The van der Waals surface area contributed by atoms with Crippen LogP contribution in [0.25, 0.3) is 10.9 Å². The number of amides is 4. The maximum absolute atomic E-state index is 12.8. The molecule has 8 nitrogen and oxygen atoms in total. The van der Waals surface area contributed by atoms with Gasteiger partial charge in [-0.05, 0) is 48.4 Å². The number of nitrogens with zero attached hydrogens (tertiary/aromatic N) is 1. The normalized spacial score (nSPS) is 18.1. The number of aromatic nitrogens is 1. The van der Waals surface area contributed by atoms with Gasteiger partial charge in [-0.3, -0.25) is 24.5 Å². The molecule has 2 aliphatic rings. The number of rotatable bonds is 3. The first-order valence-electron chi connectivity index (χ1n) is 9.87. The first-order valence-corrected chi connectivity index (χ1v) is 10.6. The fraction of sp³-hybridized carbons (Fsp3) is 0.182. The van der Waals surface area contributed by atoms with Crippen LogP contribution in [-0.4, -0.2) is 39.6 Å². The number of hydrogen-bond acceptors (Lipinski definition) is 4. The van der Waals surface area contributed by atoms with Crippen molar-refractivity contribution in [1.29, 1.82) is 0 Å². The Kier molecular flexibility index (Phi) is 4.91. The first-order chi connectivity index (χ1) is 15.3. The molecule has 4 amide bonds. The number of hydrogen-bond donors (Lipinski definition) is 3. The summed E-state index contributed by atoms with van der Waals surface area (Å²) in [6.45, 7) is 0.218. The largest absolute Gasteiger partial charge is 0.349 e. The topological polar surface area (TPSA) is 111 Å². The van der Waals surface area contributed by atoms with Crippen molar-refractivity contribution in [1.82, 2.24) is 15.2 Å². The predicted molar refractivity (Wildman–Crippen MR) is 119 cm³/mol. The first kappa shape index (κ1) is 20.5. The summed E-state index contributed by atoms with van der Waals surface area (Å²) in [6, 6.07) is 9.36. The number of anilines is 1. The quantitative estimate of drug-likeness (QED) is 0.508. The molecule has 3 N–H and O–H groups in total. The van der Waals surface area contributed by atoms with Crippen LogP contribution in [0.1, 0.15) is 39.3 Å². The van der Waals surface area contributed by atoms with Crippen molar-refractivity contribution in [2.45, 2.75) is 25.4 Å². The SMILES string of the molecule is O=C1CCC(N2Cc3cc(NC(=O)c4[nH]c5ccc(Cl)cc5c4Cl)ccc3C2=O)C(=O)N1. The molecular weight excluding hydrogens is 455 g/mol. The third kappa shape index (κ3) is 3.41. The molecule has 1 saturated heterocycles. The van der Waals surface area contributed by atoms with Gasteiger partial charge in [0.05, 0.1) is 5.02 Å². The van der Waals surface area contributed by atoms with E-state index in [9.17, 15) is 19.2 Å². The number of carbonyl (C=O) groups excluding carboxylic acids is 4. The molecule has 0 saturated carbocycles. The second-order valence-corrected chi connectivity index (χ2v) is 8.54. The summed E-state index contributed by atoms with van der Waals surface area (Å²) < 4.78 is 0. The Hall–Kier alpha value is -3.36. The average molecular weight is 471 g/mol. The third-order valence-corrected chi connectivity index (χ3v) is 6.33. The zero-order chi connectivity index (χ0) is 22.6. The molecule has 0 aliphatic carbocycles. The van der Waals surface area contributed by atoms with E-state index in [1.54, 1.807) is 36.4 Å². The van der Waals surface area contributed by atoms with E-state index in [4.69, 9.17) is 23.2 Å². The van der Waals surface area contributed by atoms with E-state index in [1.165, 1.54) is 4.90 Å². The summed E-state index contributed by atoms with van der Waals surface area (Å²) in [7, 11) is 0. The molecule has 162 valence electrons. The summed E-state index contributed by atoms with van der Waals surface area (Å²) in [5.41, 5.74) is 2.52. The third-order valence-electron chi connectivity index (χ3n) is 5.71. The Bertz CT molecular complexity index is 1330. The van der Waals surface area contributed by atoms with E-state index < -0.39 is 17.9 Å². The van der Waals surface area contributed by atoms with Gasteiger partial charge in [-0.1, -0.05) is 23.2 Å². The molecule has 5 rings (SSSR count). The number of benzene rings is 2. The van der Waals surface area contributed by atoms with E-state index in [2.05, 4.69) is 15.6 Å². The summed E-state index contributed by atoms with van der Waals surface area (Å²) in [5, 5.41) is 6.48. The minimum absolute atomic E-state index is 0.189. The highest BCUT2D eigenvalue weighted by Gasteiger charge is 2.39. The zero-order valence-electron chi connectivity index (χ0n) is 16.5. The van der Waals surface area contributed by atoms with E-state index in [0.717, 1.165) is 0 Å². The van der Waals surface area contributed by atoms with Crippen LogP contribution >= 0.6 is 23.2 Å². The predicted octanol–water partition coefficient (Wildman–Crippen LogP) is 3.49. The number of aromatic amines is 1. The van der Waals surface area contributed by atoms with Crippen LogP contribution in [0.5, 0.6) is 0 Å². The van der Waals surface area contributed by atoms with Gasteiger partial charge in [-0.2, -0.15) is 0 Å². The summed E-state index contributed by atoms with van der Waals surface area (Å²) in [6.07, 6.45) is 0.477. The Morgan fingerprint density at radius 1 is 1.09 bits per heavy atom. The van der Waals surface area contributed by atoms with Crippen molar-refractivity contribution < 1.29 is 19.2 Å². The Morgan fingerprint density at radius 2 is 1.91 bits per heavy atom. The highest BCUT2D eigenvalue weighted by Crippen LogP contribution is 2.32. The number of fused-ring (bicyclic) bond motifs is 2. The lowest BCUT2D eigenvalue weighted by Gasteiger charge is -2.29. The van der Waals surface area contributed by atoms with Crippen LogP contribution in [-0.2, 0) is 16.1 Å². The van der Waals surface area contributed by atoms with Gasteiger partial charge >= 0.3 is 0 Å². The van der Waals surface area contributed by atoms with Crippen molar-refractivity contribution in [3.8, 4) is 0 Å². The van der Waals surface area contributed by atoms with Gasteiger partial charge in [0.25, 0.3) is 11.8 Å². The standard InChI is InChI=1S/C22H16Cl2N4O4/c23-11-1-4-15-14(8-11)18(24)19(26-15)21(31)25-12-2-3-13-10(7-12)9-28(22(13)32)16-5-6-17(29)27-20(16)30/h1-4,7-8,16,26H,5-6,9H2,(H,25,31)(H,27,29,30). The Labute approximate surface area is 191 Å². The Morgan fingerprint density at radius 3 is 2.69 bits per heavy atom. The monoisotopic (exact) mass is 470 g/mol.